The first-order valence-electron chi connectivity index (χ1n) is 7.67. The molecule has 0 heterocycles. The molecule has 1 rings (SSSR count). The number of nitrogens with zero attached hydrogens (tertiary/aromatic N) is 1. The summed E-state index contributed by atoms with van der Waals surface area (Å²) < 4.78 is 0. The Morgan fingerprint density at radius 1 is 1.10 bits per heavy atom. The van der Waals surface area contributed by atoms with Crippen LogP contribution >= 0.6 is 0 Å². The molecule has 1 unspecified atom stereocenters. The van der Waals surface area contributed by atoms with Gasteiger partial charge in [-0.3, -0.25) is 0 Å². The van der Waals surface area contributed by atoms with Crippen LogP contribution in [0.4, 0.5) is 0 Å². The first-order chi connectivity index (χ1) is 9.53. The zero-order valence-electron chi connectivity index (χ0n) is 13.7. The SMILES string of the molecule is CCN(CC)CCNC(CO)c1c(C)cc(C)cc1C. The Labute approximate surface area is 124 Å². The van der Waals surface area contributed by atoms with E-state index >= 15 is 0 Å². The normalized spacial score (nSPS) is 12.9. The maximum Gasteiger partial charge on any atom is 0.0626 e. The van der Waals surface area contributed by atoms with Gasteiger partial charge in [0.05, 0.1) is 12.6 Å². The van der Waals surface area contributed by atoms with Crippen LogP contribution < -0.4 is 5.32 Å². The molecule has 0 aliphatic carbocycles. The predicted molar refractivity (Wildman–Crippen MR) is 86.3 cm³/mol. The minimum atomic E-state index is 0.0335. The molecule has 114 valence electrons. The van der Waals surface area contributed by atoms with E-state index in [1.807, 2.05) is 0 Å². The number of benzene rings is 1. The van der Waals surface area contributed by atoms with E-state index in [1.54, 1.807) is 0 Å². The number of hydrogen-bond donors (Lipinski definition) is 2. The molecule has 1 aromatic carbocycles. The number of rotatable bonds is 8. The summed E-state index contributed by atoms with van der Waals surface area (Å²) in [4.78, 5) is 2.39. The van der Waals surface area contributed by atoms with Crippen LogP contribution in [0, 0.1) is 20.8 Å². The molecule has 0 saturated carbocycles. The maximum absolute atomic E-state index is 9.70. The molecular formula is C17H30N2O. The average Bonchev–Trinajstić information content (AvgIpc) is 2.40. The Morgan fingerprint density at radius 3 is 2.10 bits per heavy atom. The zero-order chi connectivity index (χ0) is 15.1. The van der Waals surface area contributed by atoms with Gasteiger partial charge in [0.1, 0.15) is 0 Å². The van der Waals surface area contributed by atoms with Crippen LogP contribution in [0.2, 0.25) is 0 Å². The van der Waals surface area contributed by atoms with E-state index in [4.69, 9.17) is 0 Å². The molecule has 2 N–H and O–H groups in total. The van der Waals surface area contributed by atoms with E-state index in [0.717, 1.165) is 26.2 Å². The molecule has 0 aliphatic rings. The molecule has 1 aromatic rings. The van der Waals surface area contributed by atoms with Crippen LogP contribution in [0.5, 0.6) is 0 Å². The van der Waals surface area contributed by atoms with Crippen molar-refractivity contribution in [1.29, 1.82) is 0 Å². The fourth-order valence-corrected chi connectivity index (χ4v) is 2.94. The Balaban J connectivity index is 2.72. The highest BCUT2D eigenvalue weighted by molar-refractivity contribution is 5.39. The van der Waals surface area contributed by atoms with Crippen molar-refractivity contribution >= 4 is 0 Å². The number of hydrogen-bond acceptors (Lipinski definition) is 3. The molecule has 3 nitrogen and oxygen atoms in total. The van der Waals surface area contributed by atoms with E-state index < -0.39 is 0 Å². The monoisotopic (exact) mass is 278 g/mol. The summed E-state index contributed by atoms with van der Waals surface area (Å²) >= 11 is 0. The van der Waals surface area contributed by atoms with Gasteiger partial charge >= 0.3 is 0 Å². The van der Waals surface area contributed by atoms with Crippen molar-refractivity contribution in [2.75, 3.05) is 32.8 Å². The molecule has 0 radical (unpaired) electrons. The van der Waals surface area contributed by atoms with Gasteiger partial charge in [0.25, 0.3) is 0 Å². The Morgan fingerprint density at radius 2 is 1.65 bits per heavy atom. The third-order valence-corrected chi connectivity index (χ3v) is 3.98. The van der Waals surface area contributed by atoms with Gasteiger partial charge in [-0.15, -0.1) is 0 Å². The van der Waals surface area contributed by atoms with Crippen LogP contribution in [0.1, 0.15) is 42.1 Å². The van der Waals surface area contributed by atoms with Crippen molar-refractivity contribution < 1.29 is 5.11 Å². The number of aliphatic hydroxyl groups excluding tert-OH is 1. The van der Waals surface area contributed by atoms with E-state index in [-0.39, 0.29) is 12.6 Å². The third-order valence-electron chi connectivity index (χ3n) is 3.98. The average molecular weight is 278 g/mol. The number of likely N-dealkylation sites (N-methyl/N-ethyl adjacent to an activating group) is 1. The minimum Gasteiger partial charge on any atom is -0.394 e. The molecule has 1 atom stereocenters. The Hall–Kier alpha value is -0.900. The van der Waals surface area contributed by atoms with Gasteiger partial charge < -0.3 is 15.3 Å². The third kappa shape index (κ3) is 4.58. The van der Waals surface area contributed by atoms with Crippen molar-refractivity contribution in [1.82, 2.24) is 10.2 Å². The molecule has 0 aromatic heterocycles. The van der Waals surface area contributed by atoms with Crippen LogP contribution in [-0.2, 0) is 0 Å². The number of aryl methyl sites for hydroxylation is 3. The number of aliphatic hydroxyl groups is 1. The second-order valence-electron chi connectivity index (χ2n) is 5.53. The lowest BCUT2D eigenvalue weighted by atomic mass is 9.94. The largest absolute Gasteiger partial charge is 0.394 e. The van der Waals surface area contributed by atoms with Crippen molar-refractivity contribution in [3.05, 3.63) is 34.4 Å². The lowest BCUT2D eigenvalue weighted by Crippen LogP contribution is -2.35. The molecule has 0 saturated heterocycles. The molecule has 0 bridgehead atoms. The predicted octanol–water partition coefficient (Wildman–Crippen LogP) is 2.58. The molecule has 0 spiro atoms. The summed E-state index contributed by atoms with van der Waals surface area (Å²) in [5.74, 6) is 0. The highest BCUT2D eigenvalue weighted by Gasteiger charge is 2.15. The number of nitrogens with one attached hydrogen (secondary N) is 1. The van der Waals surface area contributed by atoms with Crippen LogP contribution in [0.3, 0.4) is 0 Å². The fraction of sp³-hybridized carbons (Fsp3) is 0.647. The summed E-state index contributed by atoms with van der Waals surface area (Å²) in [7, 11) is 0. The van der Waals surface area contributed by atoms with Crippen LogP contribution in [-0.4, -0.2) is 42.8 Å². The lowest BCUT2D eigenvalue weighted by Gasteiger charge is -2.24. The smallest absolute Gasteiger partial charge is 0.0626 e. The first kappa shape index (κ1) is 17.2. The van der Waals surface area contributed by atoms with Crippen molar-refractivity contribution in [3.8, 4) is 0 Å². The van der Waals surface area contributed by atoms with Crippen molar-refractivity contribution in [2.24, 2.45) is 0 Å². The second kappa shape index (κ2) is 8.40. The minimum absolute atomic E-state index is 0.0335. The van der Waals surface area contributed by atoms with Gasteiger partial charge in [-0.05, 0) is 50.6 Å². The fourth-order valence-electron chi connectivity index (χ4n) is 2.94. The molecule has 0 amide bonds. The van der Waals surface area contributed by atoms with E-state index in [2.05, 4.69) is 57.0 Å². The van der Waals surface area contributed by atoms with Gasteiger partial charge in [-0.1, -0.05) is 31.5 Å². The van der Waals surface area contributed by atoms with Crippen LogP contribution in [0.25, 0.3) is 0 Å². The highest BCUT2D eigenvalue weighted by Crippen LogP contribution is 2.23. The highest BCUT2D eigenvalue weighted by atomic mass is 16.3. The summed E-state index contributed by atoms with van der Waals surface area (Å²) in [6, 6.07) is 4.42. The van der Waals surface area contributed by atoms with Gasteiger partial charge in [0.2, 0.25) is 0 Å². The zero-order valence-corrected chi connectivity index (χ0v) is 13.7. The summed E-state index contributed by atoms with van der Waals surface area (Å²) in [6.07, 6.45) is 0. The van der Waals surface area contributed by atoms with Crippen LogP contribution in [0.15, 0.2) is 12.1 Å². The molecule has 0 aliphatic heterocycles. The topological polar surface area (TPSA) is 35.5 Å². The lowest BCUT2D eigenvalue weighted by molar-refractivity contribution is 0.232. The summed E-state index contributed by atoms with van der Waals surface area (Å²) in [6.45, 7) is 15.0. The summed E-state index contributed by atoms with van der Waals surface area (Å²) in [5.41, 5.74) is 5.05. The molecule has 3 heteroatoms. The molecule has 0 fully saturated rings. The van der Waals surface area contributed by atoms with Crippen molar-refractivity contribution in [3.63, 3.8) is 0 Å². The first-order valence-corrected chi connectivity index (χ1v) is 7.67. The van der Waals surface area contributed by atoms with E-state index in [9.17, 15) is 5.11 Å². The Kier molecular flexibility index (Phi) is 7.20. The summed E-state index contributed by atoms with van der Waals surface area (Å²) in [5, 5.41) is 13.2. The van der Waals surface area contributed by atoms with E-state index in [1.165, 1.54) is 22.3 Å². The standard InChI is InChI=1S/C17H30N2O/c1-6-19(7-2)9-8-18-16(12-20)17-14(4)10-13(3)11-15(17)5/h10-11,16,18,20H,6-9,12H2,1-5H3. The van der Waals surface area contributed by atoms with Crippen molar-refractivity contribution in [2.45, 2.75) is 40.7 Å². The second-order valence-corrected chi connectivity index (χ2v) is 5.53. The molecular weight excluding hydrogens is 248 g/mol. The van der Waals surface area contributed by atoms with Gasteiger partial charge in [-0.2, -0.15) is 0 Å². The quantitative estimate of drug-likeness (QED) is 0.767. The van der Waals surface area contributed by atoms with E-state index in [0.29, 0.717) is 0 Å². The van der Waals surface area contributed by atoms with Gasteiger partial charge in [-0.25, -0.2) is 0 Å². The maximum atomic E-state index is 9.70. The van der Waals surface area contributed by atoms with Gasteiger partial charge in [0.15, 0.2) is 0 Å². The molecule has 20 heavy (non-hydrogen) atoms. The van der Waals surface area contributed by atoms with Gasteiger partial charge in [0, 0.05) is 13.1 Å². The Bertz CT molecular complexity index is 390.